The molecule has 0 N–H and O–H groups in total. The van der Waals surface area contributed by atoms with Crippen LogP contribution in [0.5, 0.6) is 0 Å². The van der Waals surface area contributed by atoms with E-state index >= 15 is 0 Å². The standard InChI is InChI=1S/C30H19N5O.Pt/c1-3-12-29-26(10-1)25-15-14-23(34-19-7-17-32-34)21-28(25)35(27-11-2-4-13-30(27)36-29)24-9-5-8-22(20-24)33-18-6-16-31-33;/h1-19H;/q-2;+2. The second-order valence-corrected chi connectivity index (χ2v) is 8.33. The summed E-state index contributed by atoms with van der Waals surface area (Å²) in [6, 6.07) is 37.3. The number of nitrogens with zero attached hydrogens (tertiary/aromatic N) is 5. The van der Waals surface area contributed by atoms with E-state index in [0.717, 1.165) is 50.0 Å². The molecule has 0 bridgehead atoms. The Hall–Kier alpha value is -4.41. The third-order valence-corrected chi connectivity index (χ3v) is 6.14. The van der Waals surface area contributed by atoms with E-state index in [1.54, 1.807) is 17.1 Å². The van der Waals surface area contributed by atoms with Gasteiger partial charge in [-0.2, -0.15) is 22.3 Å². The summed E-state index contributed by atoms with van der Waals surface area (Å²) in [7, 11) is 0. The van der Waals surface area contributed by atoms with Crippen LogP contribution in [0.2, 0.25) is 0 Å². The fourth-order valence-corrected chi connectivity index (χ4v) is 4.53. The van der Waals surface area contributed by atoms with E-state index in [1.807, 2.05) is 89.9 Å². The number of rotatable bonds is 3. The van der Waals surface area contributed by atoms with Crippen molar-refractivity contribution in [3.8, 4) is 17.1 Å². The summed E-state index contributed by atoms with van der Waals surface area (Å²) >= 11 is 0. The topological polar surface area (TPSA) is 53.7 Å². The van der Waals surface area contributed by atoms with Gasteiger partial charge in [0, 0.05) is 24.8 Å². The zero-order valence-electron chi connectivity index (χ0n) is 19.4. The summed E-state index contributed by atoms with van der Waals surface area (Å²) in [6.45, 7) is 0. The maximum atomic E-state index is 6.49. The molecule has 0 fully saturated rings. The minimum Gasteiger partial charge on any atom is -0.456 e. The minimum absolute atomic E-state index is 0. The first kappa shape index (κ1) is 23.0. The van der Waals surface area contributed by atoms with Gasteiger partial charge in [-0.3, -0.25) is 9.36 Å². The van der Waals surface area contributed by atoms with Gasteiger partial charge in [0.15, 0.2) is 5.58 Å². The molecule has 0 saturated carbocycles. The summed E-state index contributed by atoms with van der Waals surface area (Å²) in [4.78, 5) is 0. The third-order valence-electron chi connectivity index (χ3n) is 6.14. The molecule has 37 heavy (non-hydrogen) atoms. The third kappa shape index (κ3) is 4.05. The zero-order valence-corrected chi connectivity index (χ0v) is 21.7. The van der Waals surface area contributed by atoms with Crippen LogP contribution in [0.25, 0.3) is 50.0 Å². The molecule has 7 heteroatoms. The Balaban J connectivity index is 0.00000252. The smallest absolute Gasteiger partial charge is 0.456 e. The number of fused-ring (bicyclic) bond motifs is 4. The first-order valence-electron chi connectivity index (χ1n) is 11.6. The molecule has 4 aromatic carbocycles. The van der Waals surface area contributed by atoms with Crippen LogP contribution in [0.1, 0.15) is 0 Å². The maximum absolute atomic E-state index is 6.49. The van der Waals surface area contributed by atoms with Gasteiger partial charge >= 0.3 is 21.1 Å². The van der Waals surface area contributed by atoms with E-state index in [2.05, 4.69) is 45.1 Å². The molecule has 7 rings (SSSR count). The number of para-hydroxylation sites is 3. The van der Waals surface area contributed by atoms with E-state index < -0.39 is 0 Å². The van der Waals surface area contributed by atoms with Crippen molar-refractivity contribution < 1.29 is 25.5 Å². The van der Waals surface area contributed by atoms with E-state index in [-0.39, 0.29) is 21.1 Å². The molecule has 0 aliphatic rings. The van der Waals surface area contributed by atoms with E-state index in [1.165, 1.54) is 0 Å². The fraction of sp³-hybridized carbons (Fsp3) is 0. The second kappa shape index (κ2) is 9.56. The Morgan fingerprint density at radius 3 is 2.00 bits per heavy atom. The van der Waals surface area contributed by atoms with Gasteiger partial charge in [-0.05, 0) is 47.1 Å². The Kier molecular flexibility index (Phi) is 5.95. The summed E-state index contributed by atoms with van der Waals surface area (Å²) in [5, 5.41) is 10.8. The van der Waals surface area contributed by atoms with Crippen molar-refractivity contribution in [2.45, 2.75) is 0 Å². The predicted octanol–water partition coefficient (Wildman–Crippen LogP) is 6.62. The van der Waals surface area contributed by atoms with Crippen molar-refractivity contribution in [1.29, 1.82) is 0 Å². The van der Waals surface area contributed by atoms with Crippen molar-refractivity contribution in [3.63, 3.8) is 0 Å². The Labute approximate surface area is 227 Å². The molecule has 3 aromatic heterocycles. The van der Waals surface area contributed by atoms with E-state index in [4.69, 9.17) is 4.42 Å². The number of hydrogen-bond donors (Lipinski definition) is 0. The molecular formula is C30H19N5OPt. The molecule has 3 heterocycles. The first-order chi connectivity index (χ1) is 17.8. The van der Waals surface area contributed by atoms with Gasteiger partial charge in [-0.25, -0.2) is 0 Å². The van der Waals surface area contributed by atoms with Gasteiger partial charge in [0.1, 0.15) is 5.58 Å². The van der Waals surface area contributed by atoms with Gasteiger partial charge in [-0.1, -0.05) is 41.5 Å². The van der Waals surface area contributed by atoms with Crippen LogP contribution in [0.15, 0.2) is 120 Å². The average molecular weight is 661 g/mol. The molecular weight excluding hydrogens is 641 g/mol. The quantitative estimate of drug-likeness (QED) is 0.200. The van der Waals surface area contributed by atoms with Crippen molar-refractivity contribution in [3.05, 3.63) is 128 Å². The summed E-state index contributed by atoms with van der Waals surface area (Å²) in [5.74, 6) is 0. The molecule has 0 atom stereocenters. The van der Waals surface area contributed by atoms with Gasteiger partial charge in [0.05, 0.1) is 5.52 Å². The second-order valence-electron chi connectivity index (χ2n) is 8.33. The van der Waals surface area contributed by atoms with Gasteiger partial charge in [-0.15, -0.1) is 35.7 Å². The van der Waals surface area contributed by atoms with Gasteiger partial charge < -0.3 is 8.98 Å². The Morgan fingerprint density at radius 2 is 1.24 bits per heavy atom. The fourth-order valence-electron chi connectivity index (χ4n) is 4.53. The SMILES string of the molecule is [Pt+2].[c-]1c(-n2cccn2)cccc1-n1c2[c-]c(-n3cccn3)ccc2c2ccccc2oc2ccccc21. The summed E-state index contributed by atoms with van der Waals surface area (Å²) < 4.78 is 12.2. The van der Waals surface area contributed by atoms with Crippen molar-refractivity contribution in [1.82, 2.24) is 24.1 Å². The van der Waals surface area contributed by atoms with Crippen LogP contribution in [-0.4, -0.2) is 24.1 Å². The summed E-state index contributed by atoms with van der Waals surface area (Å²) in [6.07, 6.45) is 7.35. The van der Waals surface area contributed by atoms with Gasteiger partial charge in [0.25, 0.3) is 0 Å². The van der Waals surface area contributed by atoms with Gasteiger partial charge in [0.2, 0.25) is 0 Å². The number of hydrogen-bond acceptors (Lipinski definition) is 3. The molecule has 180 valence electrons. The largest absolute Gasteiger partial charge is 2.00 e. The van der Waals surface area contributed by atoms with Crippen LogP contribution >= 0.6 is 0 Å². The summed E-state index contributed by atoms with van der Waals surface area (Å²) in [5.41, 5.74) is 5.81. The van der Waals surface area contributed by atoms with Crippen molar-refractivity contribution in [2.24, 2.45) is 0 Å². The number of aromatic nitrogens is 5. The van der Waals surface area contributed by atoms with Crippen LogP contribution in [0.3, 0.4) is 0 Å². The molecule has 0 amide bonds. The normalized spacial score (nSPS) is 11.0. The molecule has 0 saturated heterocycles. The predicted molar refractivity (Wildman–Crippen MR) is 140 cm³/mol. The Morgan fingerprint density at radius 1 is 0.568 bits per heavy atom. The van der Waals surface area contributed by atoms with Crippen molar-refractivity contribution >= 4 is 33.0 Å². The average Bonchev–Trinajstić information content (AvgIpc) is 3.65. The van der Waals surface area contributed by atoms with Crippen LogP contribution in [-0.2, 0) is 21.1 Å². The van der Waals surface area contributed by atoms with E-state index in [0.29, 0.717) is 0 Å². The molecule has 0 aliphatic carbocycles. The molecule has 0 spiro atoms. The zero-order chi connectivity index (χ0) is 23.9. The van der Waals surface area contributed by atoms with E-state index in [9.17, 15) is 0 Å². The van der Waals surface area contributed by atoms with Crippen LogP contribution in [0, 0.1) is 12.1 Å². The van der Waals surface area contributed by atoms with Crippen molar-refractivity contribution in [2.75, 3.05) is 0 Å². The van der Waals surface area contributed by atoms with Crippen LogP contribution in [0.4, 0.5) is 0 Å². The molecule has 0 radical (unpaired) electrons. The maximum Gasteiger partial charge on any atom is 2.00 e. The molecule has 6 nitrogen and oxygen atoms in total. The monoisotopic (exact) mass is 660 g/mol. The Bertz CT molecular complexity index is 1900. The first-order valence-corrected chi connectivity index (χ1v) is 11.6. The number of benzene rings is 4. The van der Waals surface area contributed by atoms with Crippen LogP contribution < -0.4 is 0 Å². The minimum atomic E-state index is 0. The molecule has 0 aliphatic heterocycles. The molecule has 0 unspecified atom stereocenters. The molecule has 7 aromatic rings.